The Kier molecular flexibility index (Phi) is 8.81. The van der Waals surface area contributed by atoms with E-state index in [4.69, 9.17) is 10.00 Å². The Morgan fingerprint density at radius 2 is 1.58 bits per heavy atom. The fourth-order valence-electron chi connectivity index (χ4n) is 4.45. The summed E-state index contributed by atoms with van der Waals surface area (Å²) in [6.07, 6.45) is 16.5. The predicted octanol–water partition coefficient (Wildman–Crippen LogP) is 6.33. The minimum absolute atomic E-state index is 0.445. The van der Waals surface area contributed by atoms with Crippen molar-refractivity contribution in [2.24, 2.45) is 17.8 Å². The maximum absolute atomic E-state index is 12.8. The molecule has 0 aromatic rings. The van der Waals surface area contributed by atoms with Crippen LogP contribution in [-0.2, 0) is 4.74 Å². The van der Waals surface area contributed by atoms with Gasteiger partial charge in [-0.2, -0.15) is 9.65 Å². The zero-order chi connectivity index (χ0) is 17.2. The first kappa shape index (κ1) is 19.4. The van der Waals surface area contributed by atoms with Crippen LogP contribution in [0.5, 0.6) is 0 Å². The van der Waals surface area contributed by atoms with Crippen LogP contribution < -0.4 is 0 Å². The molecule has 2 saturated carbocycles. The monoisotopic (exact) mass is 335 g/mol. The van der Waals surface area contributed by atoms with E-state index in [2.05, 4.69) is 6.92 Å². The van der Waals surface area contributed by atoms with Gasteiger partial charge in [-0.1, -0.05) is 32.6 Å². The van der Waals surface area contributed by atoms with Crippen molar-refractivity contribution < 1.29 is 9.13 Å². The molecule has 0 radical (unpaired) electrons. The van der Waals surface area contributed by atoms with E-state index < -0.39 is 5.83 Å². The Hall–Kier alpha value is -0.880. The van der Waals surface area contributed by atoms with Crippen molar-refractivity contribution in [3.05, 3.63) is 11.9 Å². The topological polar surface area (TPSA) is 33.0 Å². The standard InChI is InChI=1S/C21H34FNO/c1-2-4-17-7-9-19(10-8-17)16-24-21-13-11-18(12-14-21)5-3-6-20(22)15-23/h6,17-19,21H,2-5,7-14,16H2,1H3/t17-,18?,19-,21?. The number of hydrogen-bond donors (Lipinski definition) is 0. The molecule has 3 heteroatoms. The Balaban J connectivity index is 1.55. The van der Waals surface area contributed by atoms with Crippen LogP contribution in [0.2, 0.25) is 0 Å². The second-order valence-electron chi connectivity index (χ2n) is 7.89. The molecule has 136 valence electrons. The van der Waals surface area contributed by atoms with E-state index in [0.717, 1.165) is 37.7 Å². The number of nitrogens with zero attached hydrogens (tertiary/aromatic N) is 1. The highest BCUT2D eigenvalue weighted by Crippen LogP contribution is 2.33. The molecule has 0 aromatic carbocycles. The fourth-order valence-corrected chi connectivity index (χ4v) is 4.45. The molecule has 2 aliphatic rings. The van der Waals surface area contributed by atoms with Crippen LogP contribution in [0, 0.1) is 29.1 Å². The Morgan fingerprint density at radius 1 is 1.00 bits per heavy atom. The van der Waals surface area contributed by atoms with Crippen LogP contribution in [0.1, 0.15) is 84.0 Å². The number of nitriles is 1. The zero-order valence-corrected chi connectivity index (χ0v) is 15.3. The molecule has 2 fully saturated rings. The molecule has 0 bridgehead atoms. The molecule has 0 unspecified atom stereocenters. The van der Waals surface area contributed by atoms with Gasteiger partial charge in [0.05, 0.1) is 6.10 Å². The van der Waals surface area contributed by atoms with Crippen LogP contribution in [0.4, 0.5) is 4.39 Å². The van der Waals surface area contributed by atoms with Gasteiger partial charge in [-0.25, -0.2) is 0 Å². The van der Waals surface area contributed by atoms with Gasteiger partial charge in [0.1, 0.15) is 6.07 Å². The first-order valence-corrected chi connectivity index (χ1v) is 10.1. The highest BCUT2D eigenvalue weighted by molar-refractivity contribution is 5.11. The lowest BCUT2D eigenvalue weighted by Gasteiger charge is -2.32. The van der Waals surface area contributed by atoms with E-state index in [9.17, 15) is 4.39 Å². The summed E-state index contributed by atoms with van der Waals surface area (Å²) in [7, 11) is 0. The quantitative estimate of drug-likeness (QED) is 0.486. The Bertz CT molecular complexity index is 412. The van der Waals surface area contributed by atoms with Gasteiger partial charge in [-0.05, 0) is 75.2 Å². The summed E-state index contributed by atoms with van der Waals surface area (Å²) in [6, 6.07) is 1.54. The van der Waals surface area contributed by atoms with Crippen LogP contribution >= 0.6 is 0 Å². The van der Waals surface area contributed by atoms with Gasteiger partial charge in [0, 0.05) is 6.61 Å². The summed E-state index contributed by atoms with van der Waals surface area (Å²) in [5.41, 5.74) is 0. The van der Waals surface area contributed by atoms with Gasteiger partial charge in [0.25, 0.3) is 0 Å². The second-order valence-corrected chi connectivity index (χ2v) is 7.89. The van der Waals surface area contributed by atoms with Crippen molar-refractivity contribution in [2.75, 3.05) is 6.61 Å². The number of hydrogen-bond acceptors (Lipinski definition) is 2. The number of allylic oxidation sites excluding steroid dienone is 2. The third-order valence-corrected chi connectivity index (χ3v) is 6.03. The van der Waals surface area contributed by atoms with Crippen LogP contribution in [0.25, 0.3) is 0 Å². The minimum atomic E-state index is -0.638. The first-order valence-electron chi connectivity index (χ1n) is 10.1. The van der Waals surface area contributed by atoms with Gasteiger partial charge in [0.15, 0.2) is 5.83 Å². The zero-order valence-electron chi connectivity index (χ0n) is 15.3. The summed E-state index contributed by atoms with van der Waals surface area (Å²) < 4.78 is 19.0. The number of rotatable bonds is 8. The molecular formula is C21H34FNO. The maximum Gasteiger partial charge on any atom is 0.196 e. The molecule has 0 saturated heterocycles. The van der Waals surface area contributed by atoms with Gasteiger partial charge >= 0.3 is 0 Å². The van der Waals surface area contributed by atoms with Crippen LogP contribution in [0.15, 0.2) is 11.9 Å². The lowest BCUT2D eigenvalue weighted by Crippen LogP contribution is -2.26. The number of halogens is 1. The molecule has 2 rings (SSSR count). The molecule has 0 amide bonds. The summed E-state index contributed by atoms with van der Waals surface area (Å²) in [5.74, 6) is 1.80. The Labute approximate surface area is 147 Å². The summed E-state index contributed by atoms with van der Waals surface area (Å²) >= 11 is 0. The lowest BCUT2D eigenvalue weighted by atomic mass is 9.80. The van der Waals surface area contributed by atoms with Crippen molar-refractivity contribution in [3.63, 3.8) is 0 Å². The molecule has 0 aromatic heterocycles. The summed E-state index contributed by atoms with van der Waals surface area (Å²) in [4.78, 5) is 0. The summed E-state index contributed by atoms with van der Waals surface area (Å²) in [5, 5.41) is 8.40. The minimum Gasteiger partial charge on any atom is -0.378 e. The van der Waals surface area contributed by atoms with Gasteiger partial charge in [-0.15, -0.1) is 0 Å². The summed E-state index contributed by atoms with van der Waals surface area (Å²) in [6.45, 7) is 3.26. The smallest absolute Gasteiger partial charge is 0.196 e. The average molecular weight is 336 g/mol. The predicted molar refractivity (Wildman–Crippen MR) is 96.1 cm³/mol. The average Bonchev–Trinajstić information content (AvgIpc) is 2.62. The molecule has 2 nitrogen and oxygen atoms in total. The normalized spacial score (nSPS) is 31.6. The molecular weight excluding hydrogens is 301 g/mol. The highest BCUT2D eigenvalue weighted by Gasteiger charge is 2.24. The van der Waals surface area contributed by atoms with E-state index in [1.165, 1.54) is 57.4 Å². The van der Waals surface area contributed by atoms with Crippen molar-refractivity contribution in [3.8, 4) is 6.07 Å². The SMILES string of the molecule is CCC[C@H]1CC[C@H](COC2CCC(CCC=C(F)C#N)CC2)CC1. The van der Waals surface area contributed by atoms with Crippen molar-refractivity contribution in [2.45, 2.75) is 90.1 Å². The fraction of sp³-hybridized carbons (Fsp3) is 0.857. The van der Waals surface area contributed by atoms with Gasteiger partial charge in [-0.3, -0.25) is 0 Å². The molecule has 0 spiro atoms. The van der Waals surface area contributed by atoms with E-state index in [1.807, 2.05) is 0 Å². The molecule has 0 atom stereocenters. The maximum atomic E-state index is 12.8. The Morgan fingerprint density at radius 3 is 2.21 bits per heavy atom. The third-order valence-electron chi connectivity index (χ3n) is 6.03. The van der Waals surface area contributed by atoms with E-state index in [-0.39, 0.29) is 0 Å². The molecule has 2 aliphatic carbocycles. The lowest BCUT2D eigenvalue weighted by molar-refractivity contribution is -0.0101. The number of ether oxygens (including phenoxy) is 1. The van der Waals surface area contributed by atoms with E-state index in [0.29, 0.717) is 18.4 Å². The van der Waals surface area contributed by atoms with Crippen LogP contribution in [0.3, 0.4) is 0 Å². The highest BCUT2D eigenvalue weighted by atomic mass is 19.1. The largest absolute Gasteiger partial charge is 0.378 e. The van der Waals surface area contributed by atoms with E-state index in [1.54, 1.807) is 6.07 Å². The van der Waals surface area contributed by atoms with Gasteiger partial charge in [0.2, 0.25) is 0 Å². The van der Waals surface area contributed by atoms with Crippen LogP contribution in [-0.4, -0.2) is 12.7 Å². The molecule has 0 heterocycles. The first-order chi connectivity index (χ1) is 11.7. The van der Waals surface area contributed by atoms with Gasteiger partial charge < -0.3 is 4.74 Å². The molecule has 0 aliphatic heterocycles. The molecule has 0 N–H and O–H groups in total. The van der Waals surface area contributed by atoms with Crippen molar-refractivity contribution in [1.29, 1.82) is 5.26 Å². The van der Waals surface area contributed by atoms with Crippen molar-refractivity contribution in [1.82, 2.24) is 0 Å². The van der Waals surface area contributed by atoms with Crippen molar-refractivity contribution >= 4 is 0 Å². The second kappa shape index (κ2) is 10.9. The van der Waals surface area contributed by atoms with E-state index >= 15 is 0 Å². The third kappa shape index (κ3) is 6.93. The molecule has 24 heavy (non-hydrogen) atoms.